The summed E-state index contributed by atoms with van der Waals surface area (Å²) < 4.78 is 54.3. The molecule has 0 radical (unpaired) electrons. The summed E-state index contributed by atoms with van der Waals surface area (Å²) in [4.78, 5) is 40.9. The number of H-pyrrole nitrogens is 1. The van der Waals surface area contributed by atoms with Gasteiger partial charge in [0, 0.05) is 25.0 Å². The fourth-order valence-corrected chi connectivity index (χ4v) is 4.64. The first-order chi connectivity index (χ1) is 17.1. The first-order valence-electron chi connectivity index (χ1n) is 10.2. The molecule has 0 aliphatic heterocycles. The van der Waals surface area contributed by atoms with Gasteiger partial charge in [0.2, 0.25) is 0 Å². The number of carboxylic acid groups (broad SMARTS) is 1. The minimum Gasteiger partial charge on any atom is -0.496 e. The van der Waals surface area contributed by atoms with Gasteiger partial charge in [-0.05, 0) is 18.2 Å². The molecule has 0 aliphatic carbocycles. The molecular formula is C23H18F3N3O6S. The molecule has 0 bridgehead atoms. The largest absolute Gasteiger partial charge is 0.496 e. The van der Waals surface area contributed by atoms with E-state index in [2.05, 4.69) is 4.98 Å². The maximum absolute atomic E-state index is 15.1. The molecule has 0 unspecified atom stereocenters. The third-order valence-corrected chi connectivity index (χ3v) is 6.48. The van der Waals surface area contributed by atoms with Crippen LogP contribution in [0, 0.1) is 17.5 Å². The Balaban J connectivity index is 1.91. The highest BCUT2D eigenvalue weighted by Gasteiger charge is 2.24. The highest BCUT2D eigenvalue weighted by atomic mass is 32.1. The van der Waals surface area contributed by atoms with Gasteiger partial charge < -0.3 is 24.5 Å². The molecule has 2 heterocycles. The van der Waals surface area contributed by atoms with Crippen LogP contribution < -0.4 is 25.6 Å². The Morgan fingerprint density at radius 3 is 2.44 bits per heavy atom. The molecule has 2 aromatic heterocycles. The SMILES string of the molecule is COc1cc(F)c(-n2c(=O)[nH]c3csc(C(=O)O)c3c2=O)cc1N(C)Cc1c(OC)ccc(F)c1F. The molecule has 188 valence electrons. The lowest BCUT2D eigenvalue weighted by Crippen LogP contribution is -2.34. The van der Waals surface area contributed by atoms with Crippen molar-refractivity contribution in [1.82, 2.24) is 9.55 Å². The fourth-order valence-electron chi connectivity index (χ4n) is 3.82. The Morgan fingerprint density at radius 2 is 1.81 bits per heavy atom. The normalized spacial score (nSPS) is 11.1. The number of benzene rings is 2. The van der Waals surface area contributed by atoms with E-state index in [1.807, 2.05) is 0 Å². The summed E-state index contributed by atoms with van der Waals surface area (Å²) in [6.07, 6.45) is 0. The molecule has 36 heavy (non-hydrogen) atoms. The van der Waals surface area contributed by atoms with Crippen LogP contribution in [-0.4, -0.2) is 41.9 Å². The van der Waals surface area contributed by atoms with Crippen LogP contribution in [-0.2, 0) is 6.54 Å². The minimum atomic E-state index is -1.38. The lowest BCUT2D eigenvalue weighted by atomic mass is 10.1. The van der Waals surface area contributed by atoms with E-state index < -0.39 is 40.4 Å². The number of fused-ring (bicyclic) bond motifs is 1. The molecule has 9 nitrogen and oxygen atoms in total. The second-order valence-electron chi connectivity index (χ2n) is 7.60. The number of carbonyl (C=O) groups is 1. The van der Waals surface area contributed by atoms with E-state index in [4.69, 9.17) is 9.47 Å². The molecule has 0 amide bonds. The molecule has 0 saturated heterocycles. The number of halogens is 3. The molecule has 2 aromatic carbocycles. The number of aromatic carboxylic acids is 1. The minimum absolute atomic E-state index is 0.00332. The number of rotatable bonds is 7. The van der Waals surface area contributed by atoms with Crippen LogP contribution in [0.1, 0.15) is 15.2 Å². The van der Waals surface area contributed by atoms with Crippen molar-refractivity contribution in [2.75, 3.05) is 26.2 Å². The van der Waals surface area contributed by atoms with E-state index in [9.17, 15) is 28.3 Å². The van der Waals surface area contributed by atoms with Crippen LogP contribution in [0.5, 0.6) is 11.5 Å². The molecule has 2 N–H and O–H groups in total. The van der Waals surface area contributed by atoms with Crippen molar-refractivity contribution in [2.24, 2.45) is 0 Å². The van der Waals surface area contributed by atoms with Gasteiger partial charge >= 0.3 is 11.7 Å². The lowest BCUT2D eigenvalue weighted by molar-refractivity contribution is 0.0704. The molecule has 4 rings (SSSR count). The molecule has 13 heteroatoms. The van der Waals surface area contributed by atoms with E-state index in [0.717, 1.165) is 29.5 Å². The first kappa shape index (κ1) is 24.9. The third-order valence-electron chi connectivity index (χ3n) is 5.52. The van der Waals surface area contributed by atoms with Crippen LogP contribution in [0.3, 0.4) is 0 Å². The Kier molecular flexibility index (Phi) is 6.50. The summed E-state index contributed by atoms with van der Waals surface area (Å²) in [5.74, 6) is -4.59. The first-order valence-corrected chi connectivity index (χ1v) is 11.1. The summed E-state index contributed by atoms with van der Waals surface area (Å²) in [6.45, 7) is -0.258. The van der Waals surface area contributed by atoms with E-state index in [-0.39, 0.29) is 45.1 Å². The summed E-state index contributed by atoms with van der Waals surface area (Å²) in [5, 5.41) is 10.4. The molecular weight excluding hydrogens is 503 g/mol. The second kappa shape index (κ2) is 9.41. The van der Waals surface area contributed by atoms with E-state index in [0.29, 0.717) is 4.57 Å². The van der Waals surface area contributed by atoms with Gasteiger partial charge in [-0.15, -0.1) is 11.3 Å². The number of hydrogen-bond acceptors (Lipinski definition) is 7. The number of aromatic nitrogens is 2. The molecule has 0 spiro atoms. The number of aromatic amines is 1. The molecule has 0 atom stereocenters. The number of thiophene rings is 1. The Hall–Kier alpha value is -4.26. The lowest BCUT2D eigenvalue weighted by Gasteiger charge is -2.24. The van der Waals surface area contributed by atoms with Gasteiger partial charge in [0.1, 0.15) is 16.4 Å². The van der Waals surface area contributed by atoms with Gasteiger partial charge in [-0.2, -0.15) is 0 Å². The quantitative estimate of drug-likeness (QED) is 0.383. The zero-order chi connectivity index (χ0) is 26.3. The predicted molar refractivity (Wildman–Crippen MR) is 127 cm³/mol. The zero-order valence-corrected chi connectivity index (χ0v) is 19.8. The predicted octanol–water partition coefficient (Wildman–Crippen LogP) is 3.51. The highest BCUT2D eigenvalue weighted by molar-refractivity contribution is 7.13. The van der Waals surface area contributed by atoms with Crippen molar-refractivity contribution in [2.45, 2.75) is 6.54 Å². The van der Waals surface area contributed by atoms with Gasteiger partial charge in [0.25, 0.3) is 5.56 Å². The summed E-state index contributed by atoms with van der Waals surface area (Å²) in [6, 6.07) is 4.21. The van der Waals surface area contributed by atoms with Crippen LogP contribution in [0.15, 0.2) is 39.2 Å². The van der Waals surface area contributed by atoms with Crippen LogP contribution in [0.4, 0.5) is 18.9 Å². The fraction of sp³-hybridized carbons (Fsp3) is 0.174. The Bertz CT molecular complexity index is 1630. The smallest absolute Gasteiger partial charge is 0.346 e. The average Bonchev–Trinajstić information content (AvgIpc) is 3.27. The average molecular weight is 521 g/mol. The van der Waals surface area contributed by atoms with Crippen molar-refractivity contribution < 1.29 is 32.5 Å². The van der Waals surface area contributed by atoms with Crippen LogP contribution >= 0.6 is 11.3 Å². The number of carboxylic acids is 1. The van der Waals surface area contributed by atoms with Crippen molar-refractivity contribution in [1.29, 1.82) is 0 Å². The van der Waals surface area contributed by atoms with Crippen molar-refractivity contribution in [3.63, 3.8) is 0 Å². The van der Waals surface area contributed by atoms with Gasteiger partial charge in [0.15, 0.2) is 17.5 Å². The number of methoxy groups -OCH3 is 2. The van der Waals surface area contributed by atoms with Crippen molar-refractivity contribution in [3.05, 3.63) is 78.4 Å². The van der Waals surface area contributed by atoms with E-state index in [1.165, 1.54) is 37.6 Å². The standard InChI is InChI=1S/C23H18F3N3O6S/c1-28(8-10-16(34-2)5-4-11(24)19(10)26)15-7-14(12(25)6-17(15)35-3)29-21(30)18-13(27-23(29)33)9-36-20(18)22(31)32/h4-7,9H,8H2,1-3H3,(H,27,33)(H,31,32). The molecule has 0 fully saturated rings. The number of hydrogen-bond donors (Lipinski definition) is 2. The number of nitrogens with one attached hydrogen (secondary N) is 1. The maximum atomic E-state index is 15.1. The summed E-state index contributed by atoms with van der Waals surface area (Å²) in [7, 11) is 4.02. The second-order valence-corrected chi connectivity index (χ2v) is 8.48. The van der Waals surface area contributed by atoms with Gasteiger partial charge in [-0.25, -0.2) is 27.3 Å². The van der Waals surface area contributed by atoms with Crippen molar-refractivity contribution >= 4 is 33.9 Å². The van der Waals surface area contributed by atoms with Crippen LogP contribution in [0.25, 0.3) is 16.6 Å². The topological polar surface area (TPSA) is 114 Å². The monoisotopic (exact) mass is 521 g/mol. The summed E-state index contributed by atoms with van der Waals surface area (Å²) >= 11 is 0.740. The third kappa shape index (κ3) is 4.06. The molecule has 0 aliphatic rings. The number of ether oxygens (including phenoxy) is 2. The zero-order valence-electron chi connectivity index (χ0n) is 19.0. The highest BCUT2D eigenvalue weighted by Crippen LogP contribution is 2.34. The summed E-state index contributed by atoms with van der Waals surface area (Å²) in [5.41, 5.74) is -2.55. The van der Waals surface area contributed by atoms with E-state index in [1.54, 1.807) is 0 Å². The van der Waals surface area contributed by atoms with Crippen LogP contribution in [0.2, 0.25) is 0 Å². The van der Waals surface area contributed by atoms with Crippen molar-refractivity contribution in [3.8, 4) is 17.2 Å². The number of nitrogens with zero attached hydrogens (tertiary/aromatic N) is 2. The van der Waals surface area contributed by atoms with Gasteiger partial charge in [0.05, 0.1) is 42.1 Å². The Labute approximate surface area is 204 Å². The number of anilines is 1. The Morgan fingerprint density at radius 1 is 1.11 bits per heavy atom. The van der Waals surface area contributed by atoms with E-state index >= 15 is 4.39 Å². The van der Waals surface area contributed by atoms with Gasteiger partial charge in [-0.3, -0.25) is 4.79 Å². The molecule has 0 saturated carbocycles. The maximum Gasteiger partial charge on any atom is 0.346 e. The van der Waals surface area contributed by atoms with Gasteiger partial charge in [-0.1, -0.05) is 0 Å². The molecule has 4 aromatic rings.